The molecule has 0 aromatic carbocycles. The molecule has 4 aliphatic rings. The van der Waals surface area contributed by atoms with Gasteiger partial charge in [-0.15, -0.1) is 0 Å². The molecule has 27 heavy (non-hydrogen) atoms. The van der Waals surface area contributed by atoms with Gasteiger partial charge in [-0.1, -0.05) is 33.8 Å². The molecule has 0 radical (unpaired) electrons. The summed E-state index contributed by atoms with van der Waals surface area (Å²) in [5.74, 6) is -0.0341. The second kappa shape index (κ2) is 6.09. The van der Waals surface area contributed by atoms with Crippen LogP contribution in [0, 0.1) is 34.0 Å². The van der Waals surface area contributed by atoms with E-state index in [1.165, 1.54) is 32.1 Å². The fourth-order valence-corrected chi connectivity index (χ4v) is 8.15. The smallest absolute Gasteiger partial charge is 0.317 e. The molecular formula is C23H34O4. The van der Waals surface area contributed by atoms with Gasteiger partial charge in [0.05, 0.1) is 0 Å². The molecule has 150 valence electrons. The molecule has 0 aromatic heterocycles. The lowest BCUT2D eigenvalue weighted by molar-refractivity contribution is -0.185. The van der Waals surface area contributed by atoms with Crippen molar-refractivity contribution in [2.45, 2.75) is 84.7 Å². The summed E-state index contributed by atoms with van der Waals surface area (Å²) >= 11 is 0. The van der Waals surface area contributed by atoms with Crippen LogP contribution in [0.2, 0.25) is 0 Å². The van der Waals surface area contributed by atoms with Crippen molar-refractivity contribution in [2.75, 3.05) is 0 Å². The minimum atomic E-state index is -1.12. The Morgan fingerprint density at radius 1 is 1.11 bits per heavy atom. The predicted octanol–water partition coefficient (Wildman–Crippen LogP) is 4.97. The van der Waals surface area contributed by atoms with Crippen LogP contribution in [0.5, 0.6) is 0 Å². The highest BCUT2D eigenvalue weighted by Crippen LogP contribution is 2.72. The zero-order chi connectivity index (χ0) is 19.6. The van der Waals surface area contributed by atoms with Crippen LogP contribution in [-0.4, -0.2) is 23.1 Å². The van der Waals surface area contributed by atoms with Crippen LogP contribution in [0.3, 0.4) is 0 Å². The average Bonchev–Trinajstić information content (AvgIpc) is 2.74. The van der Waals surface area contributed by atoms with Crippen molar-refractivity contribution in [2.24, 2.45) is 34.0 Å². The van der Waals surface area contributed by atoms with Gasteiger partial charge in [0, 0.05) is 5.41 Å². The Labute approximate surface area is 162 Å². The number of aliphatic carboxylic acids is 1. The molecule has 0 unspecified atom stereocenters. The standard InChI is InChI=1S/C23H34O4/c1-14-15-6-7-17-22(4)10-5-9-21(2,3)16(22)8-11-23(17,13-15)20(14)27-19(26)12-18(24)25/h15-17,20H,1,5-13H2,2-4H3,(H,24,25)/t15-,16-,17+,20-,22-,23-/m1/s1. The van der Waals surface area contributed by atoms with Crippen molar-refractivity contribution in [3.05, 3.63) is 12.2 Å². The summed E-state index contributed by atoms with van der Waals surface area (Å²) in [5.41, 5.74) is 1.68. The average molecular weight is 375 g/mol. The molecule has 0 aliphatic heterocycles. The van der Waals surface area contributed by atoms with E-state index < -0.39 is 18.4 Å². The first-order valence-electron chi connectivity index (χ1n) is 10.7. The van der Waals surface area contributed by atoms with Gasteiger partial charge < -0.3 is 9.84 Å². The Balaban J connectivity index is 1.68. The zero-order valence-electron chi connectivity index (χ0n) is 17.1. The Morgan fingerprint density at radius 3 is 2.56 bits per heavy atom. The summed E-state index contributed by atoms with van der Waals surface area (Å²) in [5, 5.41) is 8.97. The lowest BCUT2D eigenvalue weighted by Crippen LogP contribution is -2.58. The first-order chi connectivity index (χ1) is 12.6. The summed E-state index contributed by atoms with van der Waals surface area (Å²) in [7, 11) is 0. The summed E-state index contributed by atoms with van der Waals surface area (Å²) in [6.45, 7) is 11.7. The maximum absolute atomic E-state index is 12.2. The monoisotopic (exact) mass is 374 g/mol. The number of ether oxygens (including phenoxy) is 1. The maximum Gasteiger partial charge on any atom is 0.317 e. The number of esters is 1. The van der Waals surface area contributed by atoms with E-state index in [0.29, 0.717) is 17.3 Å². The van der Waals surface area contributed by atoms with Crippen molar-refractivity contribution >= 4 is 11.9 Å². The molecule has 1 N–H and O–H groups in total. The quantitative estimate of drug-likeness (QED) is 0.430. The Morgan fingerprint density at radius 2 is 1.85 bits per heavy atom. The van der Waals surface area contributed by atoms with Gasteiger partial charge in [-0.3, -0.25) is 9.59 Å². The number of hydrogen-bond donors (Lipinski definition) is 1. The van der Waals surface area contributed by atoms with Gasteiger partial charge in [-0.25, -0.2) is 0 Å². The summed E-state index contributed by atoms with van der Waals surface area (Å²) in [6, 6.07) is 0. The van der Waals surface area contributed by atoms with Crippen molar-refractivity contribution < 1.29 is 19.4 Å². The summed E-state index contributed by atoms with van der Waals surface area (Å²) < 4.78 is 5.87. The zero-order valence-corrected chi connectivity index (χ0v) is 17.1. The van der Waals surface area contributed by atoms with E-state index in [9.17, 15) is 9.59 Å². The molecule has 6 atom stereocenters. The van der Waals surface area contributed by atoms with Crippen LogP contribution in [0.15, 0.2) is 12.2 Å². The van der Waals surface area contributed by atoms with Crippen LogP contribution < -0.4 is 0 Å². The third-order valence-corrected chi connectivity index (χ3v) is 9.02. The molecule has 0 aromatic rings. The van der Waals surface area contributed by atoms with Crippen molar-refractivity contribution in [1.82, 2.24) is 0 Å². The second-order valence-corrected chi connectivity index (χ2v) is 10.7. The largest absolute Gasteiger partial charge is 0.481 e. The van der Waals surface area contributed by atoms with Gasteiger partial charge in [0.25, 0.3) is 0 Å². The van der Waals surface area contributed by atoms with Crippen LogP contribution >= 0.6 is 0 Å². The molecule has 2 bridgehead atoms. The minimum absolute atomic E-state index is 0.0210. The Hall–Kier alpha value is -1.32. The lowest BCUT2D eigenvalue weighted by atomic mass is 9.41. The molecule has 4 nitrogen and oxygen atoms in total. The highest BCUT2D eigenvalue weighted by atomic mass is 16.5. The predicted molar refractivity (Wildman–Crippen MR) is 103 cm³/mol. The van der Waals surface area contributed by atoms with E-state index in [2.05, 4.69) is 27.4 Å². The summed E-state index contributed by atoms with van der Waals surface area (Å²) in [4.78, 5) is 23.2. The minimum Gasteiger partial charge on any atom is -0.481 e. The number of carboxylic acids is 1. The molecule has 4 heteroatoms. The van der Waals surface area contributed by atoms with E-state index in [-0.39, 0.29) is 16.9 Å². The van der Waals surface area contributed by atoms with Crippen LogP contribution in [0.4, 0.5) is 0 Å². The van der Waals surface area contributed by atoms with Gasteiger partial charge >= 0.3 is 11.9 Å². The van der Waals surface area contributed by atoms with Crippen molar-refractivity contribution in [3.63, 3.8) is 0 Å². The highest BCUT2D eigenvalue weighted by Gasteiger charge is 2.67. The third-order valence-electron chi connectivity index (χ3n) is 9.02. The third kappa shape index (κ3) is 2.69. The summed E-state index contributed by atoms with van der Waals surface area (Å²) in [6.07, 6.45) is 8.69. The Bertz CT molecular complexity index is 680. The van der Waals surface area contributed by atoms with Crippen LogP contribution in [0.1, 0.15) is 78.6 Å². The molecule has 0 amide bonds. The SMILES string of the molecule is C=C1[C@@H]2CC[C@H]3[C@]4(C)CCCC(C)(C)[C@H]4CC[C@]3(C2)[C@@H]1OC(=O)CC(=O)O. The van der Waals surface area contributed by atoms with E-state index in [1.807, 2.05) is 0 Å². The van der Waals surface area contributed by atoms with Crippen molar-refractivity contribution in [3.8, 4) is 0 Å². The Kier molecular flexibility index (Phi) is 4.29. The maximum atomic E-state index is 12.2. The molecule has 0 heterocycles. The topological polar surface area (TPSA) is 63.6 Å². The second-order valence-electron chi connectivity index (χ2n) is 10.7. The van der Waals surface area contributed by atoms with E-state index in [4.69, 9.17) is 9.84 Å². The van der Waals surface area contributed by atoms with Gasteiger partial charge in [0.15, 0.2) is 0 Å². The number of carbonyl (C=O) groups excluding carboxylic acids is 1. The molecular weight excluding hydrogens is 340 g/mol. The number of fused-ring (bicyclic) bond motifs is 3. The van der Waals surface area contributed by atoms with Gasteiger partial charge in [-0.05, 0) is 79.1 Å². The molecule has 4 aliphatic carbocycles. The van der Waals surface area contributed by atoms with E-state index in [0.717, 1.165) is 30.8 Å². The van der Waals surface area contributed by atoms with Gasteiger partial charge in [-0.2, -0.15) is 0 Å². The molecule has 4 fully saturated rings. The van der Waals surface area contributed by atoms with Crippen molar-refractivity contribution in [1.29, 1.82) is 0 Å². The molecule has 4 saturated carbocycles. The molecule has 1 spiro atoms. The molecule has 4 rings (SSSR count). The molecule has 0 saturated heterocycles. The van der Waals surface area contributed by atoms with Gasteiger partial charge in [0.1, 0.15) is 12.5 Å². The first kappa shape index (κ1) is 19.0. The van der Waals surface area contributed by atoms with Crippen LogP contribution in [-0.2, 0) is 14.3 Å². The fraction of sp³-hybridized carbons (Fsp3) is 0.826. The normalized spacial score (nSPS) is 44.9. The first-order valence-corrected chi connectivity index (χ1v) is 10.7. The number of carbonyl (C=O) groups is 2. The van der Waals surface area contributed by atoms with Gasteiger partial charge in [0.2, 0.25) is 0 Å². The van der Waals surface area contributed by atoms with Crippen LogP contribution in [0.25, 0.3) is 0 Å². The fourth-order valence-electron chi connectivity index (χ4n) is 8.15. The van der Waals surface area contributed by atoms with E-state index in [1.54, 1.807) is 0 Å². The number of rotatable bonds is 3. The number of hydrogen-bond acceptors (Lipinski definition) is 3. The lowest BCUT2D eigenvalue weighted by Gasteiger charge is -2.64. The number of carboxylic acid groups (broad SMARTS) is 1. The van der Waals surface area contributed by atoms with E-state index >= 15 is 0 Å². The highest BCUT2D eigenvalue weighted by molar-refractivity contribution is 5.90.